The maximum Gasteiger partial charge on any atom is 0.218 e. The van der Waals surface area contributed by atoms with Gasteiger partial charge in [-0.3, -0.25) is 0 Å². The fourth-order valence-corrected chi connectivity index (χ4v) is 4.30. The summed E-state index contributed by atoms with van der Waals surface area (Å²) >= 11 is 0. The monoisotopic (exact) mass is 343 g/mol. The van der Waals surface area contributed by atoms with Gasteiger partial charge in [0.1, 0.15) is 0 Å². The van der Waals surface area contributed by atoms with Crippen LogP contribution in [0.15, 0.2) is 24.3 Å². The predicted molar refractivity (Wildman–Crippen MR) is 89.0 cm³/mol. The highest BCUT2D eigenvalue weighted by atomic mass is 35.5. The molecule has 2 rings (SSSR count). The van der Waals surface area contributed by atoms with E-state index in [4.69, 9.17) is 11.0 Å². The zero-order chi connectivity index (χ0) is 15.5. The van der Waals surface area contributed by atoms with E-state index in [9.17, 15) is 8.42 Å². The molecule has 0 aliphatic carbocycles. The van der Waals surface area contributed by atoms with Gasteiger partial charge in [0.15, 0.2) is 0 Å². The fraction of sp³-hybridized carbons (Fsp3) is 0.533. The molecule has 22 heavy (non-hydrogen) atoms. The molecule has 1 saturated heterocycles. The lowest BCUT2D eigenvalue weighted by Gasteiger charge is -2.33. The van der Waals surface area contributed by atoms with E-state index >= 15 is 0 Å². The van der Waals surface area contributed by atoms with Crippen molar-refractivity contribution >= 4 is 22.4 Å². The van der Waals surface area contributed by atoms with Gasteiger partial charge in [0.2, 0.25) is 10.0 Å². The maximum absolute atomic E-state index is 12.5. The molecule has 0 bridgehead atoms. The van der Waals surface area contributed by atoms with Gasteiger partial charge in [-0.25, -0.2) is 12.7 Å². The van der Waals surface area contributed by atoms with Gasteiger partial charge in [-0.15, -0.1) is 12.4 Å². The lowest BCUT2D eigenvalue weighted by molar-refractivity contribution is 0.243. The number of hydrogen-bond donors (Lipinski definition) is 1. The molecule has 5 nitrogen and oxygen atoms in total. The molecule has 1 fully saturated rings. The first-order chi connectivity index (χ1) is 9.92. The fourth-order valence-electron chi connectivity index (χ4n) is 2.69. The summed E-state index contributed by atoms with van der Waals surface area (Å²) in [5, 5.41) is 8.88. The van der Waals surface area contributed by atoms with Gasteiger partial charge < -0.3 is 5.73 Å². The lowest BCUT2D eigenvalue weighted by Crippen LogP contribution is -2.45. The SMILES string of the molecule is CC(N)C1CCCN(S(=O)(=O)Cc2cccc(C#N)c2)C1.Cl. The number of nitrogens with two attached hydrogens (primary N) is 1. The van der Waals surface area contributed by atoms with Crippen LogP contribution in [0, 0.1) is 17.2 Å². The molecule has 1 heterocycles. The van der Waals surface area contributed by atoms with Crippen LogP contribution < -0.4 is 5.73 Å². The Balaban J connectivity index is 0.00000242. The van der Waals surface area contributed by atoms with Gasteiger partial charge >= 0.3 is 0 Å². The van der Waals surface area contributed by atoms with Crippen LogP contribution in [0.3, 0.4) is 0 Å². The molecule has 2 atom stereocenters. The quantitative estimate of drug-likeness (QED) is 0.904. The highest BCUT2D eigenvalue weighted by molar-refractivity contribution is 7.88. The van der Waals surface area contributed by atoms with Crippen molar-refractivity contribution in [1.82, 2.24) is 4.31 Å². The molecule has 2 N–H and O–H groups in total. The minimum atomic E-state index is -3.36. The van der Waals surface area contributed by atoms with Crippen LogP contribution in [0.2, 0.25) is 0 Å². The van der Waals surface area contributed by atoms with Crippen LogP contribution in [0.4, 0.5) is 0 Å². The molecular weight excluding hydrogens is 322 g/mol. The van der Waals surface area contributed by atoms with Crippen molar-refractivity contribution in [1.29, 1.82) is 5.26 Å². The zero-order valence-corrected chi connectivity index (χ0v) is 14.2. The first kappa shape index (κ1) is 18.9. The Labute approximate surface area is 138 Å². The van der Waals surface area contributed by atoms with Gasteiger partial charge in [-0.2, -0.15) is 5.26 Å². The van der Waals surface area contributed by atoms with E-state index in [1.807, 2.05) is 13.0 Å². The van der Waals surface area contributed by atoms with Crippen molar-refractivity contribution in [3.8, 4) is 6.07 Å². The number of rotatable bonds is 4. The van der Waals surface area contributed by atoms with E-state index < -0.39 is 10.0 Å². The number of nitrogens with zero attached hydrogens (tertiary/aromatic N) is 2. The Bertz CT molecular complexity index is 640. The molecule has 0 radical (unpaired) electrons. The van der Waals surface area contributed by atoms with Gasteiger partial charge in [0.25, 0.3) is 0 Å². The number of benzene rings is 1. The smallest absolute Gasteiger partial charge is 0.218 e. The highest BCUT2D eigenvalue weighted by Gasteiger charge is 2.30. The first-order valence-corrected chi connectivity index (χ1v) is 8.76. The summed E-state index contributed by atoms with van der Waals surface area (Å²) in [6.07, 6.45) is 1.83. The van der Waals surface area contributed by atoms with Crippen molar-refractivity contribution in [2.45, 2.75) is 31.6 Å². The molecule has 0 spiro atoms. The average Bonchev–Trinajstić information content (AvgIpc) is 2.47. The van der Waals surface area contributed by atoms with E-state index in [1.165, 1.54) is 0 Å². The second-order valence-corrected chi connectivity index (χ2v) is 7.66. The molecular formula is C15H22ClN3O2S. The summed E-state index contributed by atoms with van der Waals surface area (Å²) in [6.45, 7) is 2.98. The van der Waals surface area contributed by atoms with Gasteiger partial charge in [0.05, 0.1) is 17.4 Å². The molecule has 122 valence electrons. The van der Waals surface area contributed by atoms with Crippen molar-refractivity contribution in [3.63, 3.8) is 0 Å². The number of hydrogen-bond acceptors (Lipinski definition) is 4. The molecule has 2 unspecified atom stereocenters. The molecule has 7 heteroatoms. The van der Waals surface area contributed by atoms with Gasteiger partial charge in [-0.05, 0) is 43.4 Å². The van der Waals surface area contributed by atoms with Crippen LogP contribution in [-0.2, 0) is 15.8 Å². The number of halogens is 1. The molecule has 1 aliphatic heterocycles. The second-order valence-electron chi connectivity index (χ2n) is 5.69. The lowest BCUT2D eigenvalue weighted by atomic mass is 9.93. The Morgan fingerprint density at radius 3 is 2.86 bits per heavy atom. The average molecular weight is 344 g/mol. The molecule has 0 aromatic heterocycles. The summed E-state index contributed by atoms with van der Waals surface area (Å²) in [6, 6.07) is 8.79. The third-order valence-corrected chi connectivity index (χ3v) is 5.78. The van der Waals surface area contributed by atoms with Gasteiger partial charge in [0, 0.05) is 19.1 Å². The topological polar surface area (TPSA) is 87.2 Å². The van der Waals surface area contributed by atoms with E-state index in [0.29, 0.717) is 24.2 Å². The summed E-state index contributed by atoms with van der Waals surface area (Å²) in [5.74, 6) is 0.160. The molecule has 0 amide bonds. The summed E-state index contributed by atoms with van der Waals surface area (Å²) in [7, 11) is -3.36. The van der Waals surface area contributed by atoms with E-state index in [0.717, 1.165) is 12.8 Å². The van der Waals surface area contributed by atoms with Gasteiger partial charge in [-0.1, -0.05) is 12.1 Å². The number of nitriles is 1. The van der Waals surface area contributed by atoms with Crippen molar-refractivity contribution in [2.75, 3.05) is 13.1 Å². The minimum Gasteiger partial charge on any atom is -0.328 e. The standard InChI is InChI=1S/C15H21N3O2S.ClH/c1-12(17)15-6-3-7-18(10-15)21(19,20)11-14-5-2-4-13(8-14)9-16;/h2,4-5,8,12,15H,3,6-7,10-11,17H2,1H3;1H. The summed E-state index contributed by atoms with van der Waals surface area (Å²) in [5.41, 5.74) is 7.04. The third kappa shape index (κ3) is 4.68. The Morgan fingerprint density at radius 1 is 1.50 bits per heavy atom. The van der Waals surface area contributed by atoms with E-state index in [1.54, 1.807) is 28.6 Å². The third-order valence-electron chi connectivity index (χ3n) is 3.96. The van der Waals surface area contributed by atoms with Crippen molar-refractivity contribution in [2.24, 2.45) is 11.7 Å². The Kier molecular flexibility index (Phi) is 6.82. The number of sulfonamides is 1. The highest BCUT2D eigenvalue weighted by Crippen LogP contribution is 2.23. The summed E-state index contributed by atoms with van der Waals surface area (Å²) in [4.78, 5) is 0. The molecule has 1 aromatic carbocycles. The van der Waals surface area contributed by atoms with E-state index in [2.05, 4.69) is 0 Å². The second kappa shape index (κ2) is 7.93. The predicted octanol–water partition coefficient (Wildman–Crippen LogP) is 1.87. The van der Waals surface area contributed by atoms with Crippen molar-refractivity contribution < 1.29 is 8.42 Å². The zero-order valence-electron chi connectivity index (χ0n) is 12.6. The van der Waals surface area contributed by atoms with Crippen molar-refractivity contribution in [3.05, 3.63) is 35.4 Å². The largest absolute Gasteiger partial charge is 0.328 e. The Morgan fingerprint density at radius 2 is 2.23 bits per heavy atom. The maximum atomic E-state index is 12.5. The molecule has 1 aliphatic rings. The van der Waals surface area contributed by atoms with Crippen LogP contribution in [0.1, 0.15) is 30.9 Å². The minimum absolute atomic E-state index is 0. The number of piperidine rings is 1. The van der Waals surface area contributed by atoms with Crippen LogP contribution in [0.25, 0.3) is 0 Å². The molecule has 0 saturated carbocycles. The van der Waals surface area contributed by atoms with Crippen LogP contribution in [0.5, 0.6) is 0 Å². The van der Waals surface area contributed by atoms with Crippen LogP contribution >= 0.6 is 12.4 Å². The Hall–Kier alpha value is -1.13. The van der Waals surface area contributed by atoms with E-state index in [-0.39, 0.29) is 30.1 Å². The first-order valence-electron chi connectivity index (χ1n) is 7.15. The normalized spacial score (nSPS) is 20.7. The molecule has 1 aromatic rings. The summed E-state index contributed by atoms with van der Waals surface area (Å²) < 4.78 is 26.6. The van der Waals surface area contributed by atoms with Crippen LogP contribution in [-0.4, -0.2) is 31.9 Å².